The van der Waals surface area contributed by atoms with Crippen molar-refractivity contribution in [1.29, 1.82) is 0 Å². The molecule has 0 aromatic rings. The molecule has 6 heteroatoms. The number of carbonyl (C=O) groups is 2. The predicted octanol–water partition coefficient (Wildman–Crippen LogP) is 20.9. The molecule has 0 aliphatic rings. The zero-order chi connectivity index (χ0) is 53.6. The van der Waals surface area contributed by atoms with Gasteiger partial charge >= 0.3 is 5.97 Å². The molecule has 0 saturated heterocycles. The van der Waals surface area contributed by atoms with Gasteiger partial charge in [0.25, 0.3) is 0 Å². The summed E-state index contributed by atoms with van der Waals surface area (Å²) in [6, 6.07) is -0.626. The van der Waals surface area contributed by atoms with Gasteiger partial charge in [-0.05, 0) is 89.9 Å². The molecular weight excluding hydrogens is 911 g/mol. The molecule has 0 fully saturated rings. The van der Waals surface area contributed by atoms with Crippen LogP contribution >= 0.6 is 0 Å². The zero-order valence-electron chi connectivity index (χ0n) is 49.6. The molecule has 0 aromatic heterocycles. The van der Waals surface area contributed by atoms with Gasteiger partial charge < -0.3 is 20.3 Å². The van der Waals surface area contributed by atoms with Crippen molar-refractivity contribution in [2.24, 2.45) is 0 Å². The third-order valence-corrected chi connectivity index (χ3v) is 15.1. The molecule has 1 amide bonds. The second-order valence-corrected chi connectivity index (χ2v) is 22.4. The van der Waals surface area contributed by atoms with Crippen molar-refractivity contribution in [1.82, 2.24) is 5.32 Å². The molecule has 434 valence electrons. The third-order valence-electron chi connectivity index (χ3n) is 15.1. The molecule has 0 radical (unpaired) electrons. The first-order chi connectivity index (χ1) is 36.5. The fourth-order valence-corrected chi connectivity index (χ4v) is 10.0. The lowest BCUT2D eigenvalue weighted by atomic mass is 10.0. The van der Waals surface area contributed by atoms with Crippen LogP contribution in [0.2, 0.25) is 0 Å². The van der Waals surface area contributed by atoms with Gasteiger partial charge in [-0.25, -0.2) is 0 Å². The van der Waals surface area contributed by atoms with E-state index < -0.39 is 12.1 Å². The summed E-state index contributed by atoms with van der Waals surface area (Å²) >= 11 is 0. The average Bonchev–Trinajstić information content (AvgIpc) is 3.40. The number of amides is 1. The highest BCUT2D eigenvalue weighted by molar-refractivity contribution is 5.76. The van der Waals surface area contributed by atoms with Crippen molar-refractivity contribution in [3.05, 3.63) is 48.6 Å². The van der Waals surface area contributed by atoms with E-state index in [2.05, 4.69) is 55.6 Å². The van der Waals surface area contributed by atoms with Gasteiger partial charge in [-0.1, -0.05) is 294 Å². The Bertz CT molecular complexity index is 1240. The summed E-state index contributed by atoms with van der Waals surface area (Å²) < 4.78 is 5.48. The van der Waals surface area contributed by atoms with E-state index >= 15 is 0 Å². The standard InChI is InChI=1S/C68H127NO5/c1-3-5-7-9-11-13-15-17-33-38-42-46-50-54-58-62-68(73)74-63-59-55-51-47-43-39-35-32-30-28-26-24-22-20-18-19-21-23-25-27-29-31-34-37-41-45-49-53-57-61-67(72)69-65(64-70)66(71)60-56-52-48-44-40-36-16-14-12-10-8-6-4-2/h11,13,17,28,30,33,56,60,65-66,70-71H,3-10,12,14-16,18-27,29,31-32,34-55,57-59,61-64H2,1-2H3,(H,69,72)/b13-11-,30-28-,33-17-,60-56+/t65-,66+/m0/s1. The van der Waals surface area contributed by atoms with Crippen molar-refractivity contribution in [2.75, 3.05) is 13.2 Å². The maximum absolute atomic E-state index is 12.5. The Morgan fingerprint density at radius 2 is 0.676 bits per heavy atom. The number of unbranched alkanes of at least 4 members (excludes halogenated alkanes) is 44. The summed E-state index contributed by atoms with van der Waals surface area (Å²) in [6.45, 7) is 4.88. The Morgan fingerprint density at radius 1 is 0.378 bits per heavy atom. The highest BCUT2D eigenvalue weighted by Gasteiger charge is 2.18. The largest absolute Gasteiger partial charge is 0.466 e. The second kappa shape index (κ2) is 63.4. The molecule has 74 heavy (non-hydrogen) atoms. The van der Waals surface area contributed by atoms with Crippen LogP contribution in [-0.4, -0.2) is 47.4 Å². The number of esters is 1. The van der Waals surface area contributed by atoms with Crippen LogP contribution in [0.4, 0.5) is 0 Å². The van der Waals surface area contributed by atoms with Gasteiger partial charge in [-0.2, -0.15) is 0 Å². The van der Waals surface area contributed by atoms with Crippen molar-refractivity contribution >= 4 is 11.9 Å². The molecule has 3 N–H and O–H groups in total. The van der Waals surface area contributed by atoms with Crippen LogP contribution < -0.4 is 5.32 Å². The summed E-state index contributed by atoms with van der Waals surface area (Å²) in [5, 5.41) is 23.1. The molecule has 0 spiro atoms. The van der Waals surface area contributed by atoms with Gasteiger partial charge in [0, 0.05) is 12.8 Å². The van der Waals surface area contributed by atoms with E-state index in [-0.39, 0.29) is 18.5 Å². The van der Waals surface area contributed by atoms with Crippen LogP contribution in [0.3, 0.4) is 0 Å². The summed E-state index contributed by atoms with van der Waals surface area (Å²) in [5.41, 5.74) is 0. The quantitative estimate of drug-likeness (QED) is 0.0320. The van der Waals surface area contributed by atoms with E-state index in [0.29, 0.717) is 19.4 Å². The van der Waals surface area contributed by atoms with E-state index in [9.17, 15) is 19.8 Å². The number of allylic oxidation sites excluding steroid dienone is 7. The van der Waals surface area contributed by atoms with Gasteiger partial charge in [0.05, 0.1) is 25.4 Å². The van der Waals surface area contributed by atoms with Crippen LogP contribution in [0.5, 0.6) is 0 Å². The summed E-state index contributed by atoms with van der Waals surface area (Å²) in [7, 11) is 0. The fourth-order valence-electron chi connectivity index (χ4n) is 10.0. The number of hydrogen-bond donors (Lipinski definition) is 3. The maximum atomic E-state index is 12.5. The molecule has 0 rings (SSSR count). The predicted molar refractivity (Wildman–Crippen MR) is 324 cm³/mol. The minimum atomic E-state index is -0.843. The summed E-state index contributed by atoms with van der Waals surface area (Å²) in [5.74, 6) is -0.0669. The molecule has 0 bridgehead atoms. The van der Waals surface area contributed by atoms with Crippen molar-refractivity contribution in [3.8, 4) is 0 Å². The normalized spacial score (nSPS) is 12.9. The van der Waals surface area contributed by atoms with E-state index in [1.807, 2.05) is 6.08 Å². The molecule has 0 aliphatic heterocycles. The van der Waals surface area contributed by atoms with Gasteiger partial charge in [-0.3, -0.25) is 9.59 Å². The minimum Gasteiger partial charge on any atom is -0.466 e. The SMILES string of the molecule is CCCCC/C=C\C/C=C\CCCCCCCC(=O)OCCCCCCCCC/C=C\CCCCCCCCCCCCCCCCCCCCC(=O)N[C@@H](CO)[C@H](O)/C=C/CCCCCCCCCCCCC. The van der Waals surface area contributed by atoms with Crippen molar-refractivity contribution < 1.29 is 24.5 Å². The van der Waals surface area contributed by atoms with Gasteiger partial charge in [0.2, 0.25) is 5.91 Å². The molecule has 0 aliphatic carbocycles. The van der Waals surface area contributed by atoms with E-state index in [0.717, 1.165) is 51.4 Å². The number of carbonyl (C=O) groups excluding carboxylic acids is 2. The van der Waals surface area contributed by atoms with Crippen molar-refractivity contribution in [2.45, 2.75) is 360 Å². The Balaban J connectivity index is 3.38. The lowest BCUT2D eigenvalue weighted by Gasteiger charge is -2.20. The van der Waals surface area contributed by atoms with Gasteiger partial charge in [0.1, 0.15) is 0 Å². The van der Waals surface area contributed by atoms with Crippen LogP contribution in [0.15, 0.2) is 48.6 Å². The monoisotopic (exact) mass is 1040 g/mol. The van der Waals surface area contributed by atoms with Crippen molar-refractivity contribution in [3.63, 3.8) is 0 Å². The van der Waals surface area contributed by atoms with Crippen LogP contribution in [0, 0.1) is 0 Å². The average molecular weight is 1040 g/mol. The smallest absolute Gasteiger partial charge is 0.305 e. The zero-order valence-corrected chi connectivity index (χ0v) is 49.6. The highest BCUT2D eigenvalue weighted by Crippen LogP contribution is 2.17. The van der Waals surface area contributed by atoms with Gasteiger partial charge in [-0.15, -0.1) is 0 Å². The first-order valence-electron chi connectivity index (χ1n) is 32.9. The number of ether oxygens (including phenoxy) is 1. The number of hydrogen-bond acceptors (Lipinski definition) is 5. The van der Waals surface area contributed by atoms with Crippen LogP contribution in [0.25, 0.3) is 0 Å². The third kappa shape index (κ3) is 59.1. The number of aliphatic hydroxyl groups excluding tert-OH is 2. The summed E-state index contributed by atoms with van der Waals surface area (Å²) in [6.07, 6.45) is 81.7. The number of nitrogens with one attached hydrogen (secondary N) is 1. The Kier molecular flexibility index (Phi) is 61.5. The van der Waals surface area contributed by atoms with Crippen LogP contribution in [0.1, 0.15) is 348 Å². The molecule has 6 nitrogen and oxygen atoms in total. The molecule has 0 unspecified atom stereocenters. The fraction of sp³-hybridized carbons (Fsp3) is 0.853. The number of aliphatic hydroxyl groups is 2. The minimum absolute atomic E-state index is 0.00125. The molecular formula is C68H127NO5. The topological polar surface area (TPSA) is 95.9 Å². The molecule has 2 atom stereocenters. The van der Waals surface area contributed by atoms with E-state index in [1.165, 1.54) is 270 Å². The second-order valence-electron chi connectivity index (χ2n) is 22.4. The molecule has 0 aromatic carbocycles. The lowest BCUT2D eigenvalue weighted by Crippen LogP contribution is -2.45. The Labute approximate surface area is 461 Å². The van der Waals surface area contributed by atoms with Gasteiger partial charge in [0.15, 0.2) is 0 Å². The number of rotatable bonds is 61. The van der Waals surface area contributed by atoms with Crippen LogP contribution in [-0.2, 0) is 14.3 Å². The highest BCUT2D eigenvalue weighted by atomic mass is 16.5. The summed E-state index contributed by atoms with van der Waals surface area (Å²) in [4.78, 5) is 24.5. The van der Waals surface area contributed by atoms with E-state index in [1.54, 1.807) is 6.08 Å². The lowest BCUT2D eigenvalue weighted by molar-refractivity contribution is -0.143. The molecule has 0 saturated carbocycles. The first kappa shape index (κ1) is 71.8. The first-order valence-corrected chi connectivity index (χ1v) is 32.9. The Hall–Kier alpha value is -2.18. The van der Waals surface area contributed by atoms with E-state index in [4.69, 9.17) is 4.74 Å². The maximum Gasteiger partial charge on any atom is 0.305 e. The molecule has 0 heterocycles. The Morgan fingerprint density at radius 3 is 1.07 bits per heavy atom.